The second-order valence-corrected chi connectivity index (χ2v) is 8.78. The van der Waals surface area contributed by atoms with E-state index in [1.165, 1.54) is 49.6 Å². The third-order valence-electron chi connectivity index (χ3n) is 6.02. The molecule has 1 saturated carbocycles. The summed E-state index contributed by atoms with van der Waals surface area (Å²) in [5.41, 5.74) is 0.792. The van der Waals surface area contributed by atoms with Crippen molar-refractivity contribution in [2.75, 3.05) is 12.3 Å². The zero-order valence-corrected chi connectivity index (χ0v) is 17.4. The van der Waals surface area contributed by atoms with E-state index in [1.807, 2.05) is 4.57 Å². The molecule has 2 atom stereocenters. The van der Waals surface area contributed by atoms with E-state index in [9.17, 15) is 9.18 Å². The maximum atomic E-state index is 13.3. The number of fused-ring (bicyclic) bond motifs is 1. The number of allylic oxidation sites excluding steroid dienone is 1. The quantitative estimate of drug-likeness (QED) is 0.514. The van der Waals surface area contributed by atoms with Gasteiger partial charge in [0.25, 0.3) is 0 Å². The lowest BCUT2D eigenvalue weighted by molar-refractivity contribution is -0.134. The third kappa shape index (κ3) is 4.39. The van der Waals surface area contributed by atoms with Gasteiger partial charge in [-0.2, -0.15) is 0 Å². The highest BCUT2D eigenvalue weighted by Crippen LogP contribution is 2.36. The van der Waals surface area contributed by atoms with E-state index in [-0.39, 0.29) is 11.7 Å². The summed E-state index contributed by atoms with van der Waals surface area (Å²) in [5.74, 6) is 1.61. The van der Waals surface area contributed by atoms with Crippen molar-refractivity contribution < 1.29 is 9.18 Å². The SMILES string of the molecule is C=CCn1c(SCC(=O)N2CCC[C@H]3CCCC[C@@H]32)nnc1-c1ccc(F)cc1. The second-order valence-electron chi connectivity index (χ2n) is 7.84. The zero-order chi connectivity index (χ0) is 20.2. The van der Waals surface area contributed by atoms with Gasteiger partial charge in [-0.1, -0.05) is 30.7 Å². The summed E-state index contributed by atoms with van der Waals surface area (Å²) in [6, 6.07) is 6.63. The van der Waals surface area contributed by atoms with Gasteiger partial charge in [-0.25, -0.2) is 4.39 Å². The minimum absolute atomic E-state index is 0.197. The molecule has 2 heterocycles. The Bertz CT molecular complexity index is 864. The molecule has 0 unspecified atom stereocenters. The van der Waals surface area contributed by atoms with Gasteiger partial charge in [-0.15, -0.1) is 16.8 Å². The van der Waals surface area contributed by atoms with Crippen LogP contribution in [-0.2, 0) is 11.3 Å². The number of aromatic nitrogens is 3. The Morgan fingerprint density at radius 2 is 1.93 bits per heavy atom. The molecule has 0 N–H and O–H groups in total. The molecule has 1 aromatic carbocycles. The lowest BCUT2D eigenvalue weighted by Crippen LogP contribution is -2.50. The number of hydrogen-bond donors (Lipinski definition) is 0. The monoisotopic (exact) mass is 414 g/mol. The van der Waals surface area contributed by atoms with E-state index in [0.717, 1.165) is 24.9 Å². The first kappa shape index (κ1) is 20.1. The largest absolute Gasteiger partial charge is 0.339 e. The predicted molar refractivity (Wildman–Crippen MR) is 113 cm³/mol. The molecule has 2 aromatic rings. The maximum Gasteiger partial charge on any atom is 0.233 e. The molecule has 1 saturated heterocycles. The molecule has 29 heavy (non-hydrogen) atoms. The van der Waals surface area contributed by atoms with Crippen LogP contribution in [0.4, 0.5) is 4.39 Å². The zero-order valence-electron chi connectivity index (χ0n) is 16.6. The molecular formula is C22H27FN4OS. The van der Waals surface area contributed by atoms with Gasteiger partial charge in [0.05, 0.1) is 5.75 Å². The summed E-state index contributed by atoms with van der Waals surface area (Å²) in [6.07, 6.45) is 9.08. The highest BCUT2D eigenvalue weighted by molar-refractivity contribution is 7.99. The van der Waals surface area contributed by atoms with Crippen LogP contribution in [0.1, 0.15) is 38.5 Å². The van der Waals surface area contributed by atoms with Crippen LogP contribution < -0.4 is 0 Å². The van der Waals surface area contributed by atoms with Crippen LogP contribution in [0.3, 0.4) is 0 Å². The Morgan fingerprint density at radius 1 is 1.17 bits per heavy atom. The van der Waals surface area contributed by atoms with Gasteiger partial charge in [0.1, 0.15) is 5.82 Å². The average Bonchev–Trinajstić information content (AvgIpc) is 3.15. The molecule has 2 aliphatic rings. The Hall–Kier alpha value is -2.15. The van der Waals surface area contributed by atoms with Crippen molar-refractivity contribution in [3.05, 3.63) is 42.7 Å². The van der Waals surface area contributed by atoms with E-state index >= 15 is 0 Å². The summed E-state index contributed by atoms with van der Waals surface area (Å²) >= 11 is 1.42. The molecule has 7 heteroatoms. The molecular weight excluding hydrogens is 387 g/mol. The van der Waals surface area contributed by atoms with E-state index in [2.05, 4.69) is 21.7 Å². The smallest absolute Gasteiger partial charge is 0.233 e. The highest BCUT2D eigenvalue weighted by Gasteiger charge is 2.35. The second kappa shape index (κ2) is 9.11. The van der Waals surface area contributed by atoms with Crippen LogP contribution in [0, 0.1) is 11.7 Å². The Labute approximate surface area is 175 Å². The van der Waals surface area contributed by atoms with Crippen molar-refractivity contribution >= 4 is 17.7 Å². The van der Waals surface area contributed by atoms with Crippen molar-refractivity contribution in [3.63, 3.8) is 0 Å². The molecule has 0 spiro atoms. The van der Waals surface area contributed by atoms with E-state index < -0.39 is 0 Å². The summed E-state index contributed by atoms with van der Waals surface area (Å²) in [6.45, 7) is 5.23. The van der Waals surface area contributed by atoms with E-state index in [4.69, 9.17) is 0 Å². The van der Waals surface area contributed by atoms with Crippen molar-refractivity contribution in [1.29, 1.82) is 0 Å². The standard InChI is InChI=1S/C22H27FN4OS/c1-2-13-27-21(17-9-11-18(23)12-10-17)24-25-22(27)29-15-20(28)26-14-5-7-16-6-3-4-8-19(16)26/h2,9-12,16,19H,1,3-8,13-15H2/t16-,19+/m1/s1. The first-order valence-electron chi connectivity index (χ1n) is 10.4. The Balaban J connectivity index is 1.47. The average molecular weight is 415 g/mol. The number of likely N-dealkylation sites (tertiary alicyclic amines) is 1. The first-order chi connectivity index (χ1) is 14.2. The van der Waals surface area contributed by atoms with Crippen molar-refractivity contribution in [3.8, 4) is 11.4 Å². The number of carbonyl (C=O) groups excluding carboxylic acids is 1. The molecule has 154 valence electrons. The molecule has 5 nitrogen and oxygen atoms in total. The van der Waals surface area contributed by atoms with Gasteiger partial charge in [-0.05, 0) is 55.9 Å². The van der Waals surface area contributed by atoms with Gasteiger partial charge >= 0.3 is 0 Å². The number of halogens is 1. The number of piperidine rings is 1. The number of nitrogens with zero attached hydrogens (tertiary/aromatic N) is 4. The van der Waals surface area contributed by atoms with Crippen LogP contribution in [0.25, 0.3) is 11.4 Å². The fraction of sp³-hybridized carbons (Fsp3) is 0.500. The Kier molecular flexibility index (Phi) is 6.33. The Morgan fingerprint density at radius 3 is 2.72 bits per heavy atom. The number of carbonyl (C=O) groups is 1. The van der Waals surface area contributed by atoms with Crippen molar-refractivity contribution in [2.45, 2.75) is 56.3 Å². The molecule has 1 aromatic heterocycles. The number of thioether (sulfide) groups is 1. The summed E-state index contributed by atoms with van der Waals surface area (Å²) in [5, 5.41) is 9.27. The first-order valence-corrected chi connectivity index (χ1v) is 11.4. The molecule has 1 aliphatic heterocycles. The van der Waals surface area contributed by atoms with Crippen LogP contribution in [0.15, 0.2) is 42.1 Å². The third-order valence-corrected chi connectivity index (χ3v) is 6.97. The summed E-state index contributed by atoms with van der Waals surface area (Å²) in [7, 11) is 0. The maximum absolute atomic E-state index is 13.3. The fourth-order valence-corrected chi connectivity index (χ4v) is 5.48. The minimum atomic E-state index is -0.286. The van der Waals surface area contributed by atoms with Crippen LogP contribution in [-0.4, -0.2) is 43.9 Å². The van der Waals surface area contributed by atoms with Crippen LogP contribution >= 0.6 is 11.8 Å². The van der Waals surface area contributed by atoms with Gasteiger partial charge in [-0.3, -0.25) is 9.36 Å². The van der Waals surface area contributed by atoms with Crippen LogP contribution in [0.5, 0.6) is 0 Å². The molecule has 2 fully saturated rings. The lowest BCUT2D eigenvalue weighted by atomic mass is 9.78. The number of rotatable bonds is 6. The topological polar surface area (TPSA) is 51.0 Å². The highest BCUT2D eigenvalue weighted by atomic mass is 32.2. The summed E-state index contributed by atoms with van der Waals surface area (Å²) in [4.78, 5) is 15.1. The molecule has 1 amide bonds. The van der Waals surface area contributed by atoms with E-state index in [0.29, 0.717) is 35.2 Å². The molecule has 0 bridgehead atoms. The van der Waals surface area contributed by atoms with Gasteiger partial charge < -0.3 is 4.90 Å². The number of benzene rings is 1. The summed E-state index contributed by atoms with van der Waals surface area (Å²) < 4.78 is 15.2. The van der Waals surface area contributed by atoms with E-state index in [1.54, 1.807) is 18.2 Å². The van der Waals surface area contributed by atoms with Gasteiger partial charge in [0.15, 0.2) is 11.0 Å². The molecule has 4 rings (SSSR count). The number of hydrogen-bond acceptors (Lipinski definition) is 4. The van der Waals surface area contributed by atoms with Crippen LogP contribution in [0.2, 0.25) is 0 Å². The van der Waals surface area contributed by atoms with Crippen molar-refractivity contribution in [1.82, 2.24) is 19.7 Å². The number of amides is 1. The normalized spacial score (nSPS) is 21.6. The lowest BCUT2D eigenvalue weighted by Gasteiger charge is -2.44. The van der Waals surface area contributed by atoms with Crippen molar-refractivity contribution in [2.24, 2.45) is 5.92 Å². The molecule has 0 radical (unpaired) electrons. The van der Waals surface area contributed by atoms with Gasteiger partial charge in [0.2, 0.25) is 5.91 Å². The minimum Gasteiger partial charge on any atom is -0.339 e. The predicted octanol–water partition coefficient (Wildman–Crippen LogP) is 4.54. The molecule has 1 aliphatic carbocycles. The van der Waals surface area contributed by atoms with Gasteiger partial charge in [0, 0.05) is 24.7 Å². The fourth-order valence-electron chi connectivity index (χ4n) is 4.65.